The van der Waals surface area contributed by atoms with Gasteiger partial charge in [-0.15, -0.1) is 0 Å². The first-order chi connectivity index (χ1) is 10.1. The van der Waals surface area contributed by atoms with Crippen molar-refractivity contribution >= 4 is 23.6 Å². The topological polar surface area (TPSA) is 104 Å². The zero-order chi connectivity index (χ0) is 15.2. The Kier molecular flexibility index (Phi) is 4.40. The van der Waals surface area contributed by atoms with Crippen molar-refractivity contribution in [2.45, 2.75) is 6.42 Å². The molecule has 0 aliphatic heterocycles. The van der Waals surface area contributed by atoms with E-state index in [9.17, 15) is 19.8 Å². The Morgan fingerprint density at radius 1 is 0.762 bits per heavy atom. The average molecular weight is 284 g/mol. The van der Waals surface area contributed by atoms with Crippen LogP contribution in [0.1, 0.15) is 11.1 Å². The summed E-state index contributed by atoms with van der Waals surface area (Å²) in [6.07, 6.45) is -2.44. The zero-order valence-electron chi connectivity index (χ0n) is 11.0. The van der Waals surface area contributed by atoms with E-state index >= 15 is 0 Å². The maximum Gasteiger partial charge on any atom is 0.138 e. The van der Waals surface area contributed by atoms with Crippen molar-refractivity contribution in [3.63, 3.8) is 0 Å². The third-order valence-electron chi connectivity index (χ3n) is 2.89. The van der Waals surface area contributed by atoms with Crippen LogP contribution in [0.4, 0.5) is 21.0 Å². The molecule has 0 atom stereocenters. The predicted octanol–water partition coefficient (Wildman–Crippen LogP) is 0.788. The van der Waals surface area contributed by atoms with E-state index < -0.39 is 12.2 Å². The lowest BCUT2D eigenvalue weighted by Crippen LogP contribution is -2.29. The summed E-state index contributed by atoms with van der Waals surface area (Å²) in [5.74, 6) is 0. The standard InChI is InChI=1S/C15H14N2O4/c18-14(19)16-12-7-3-1-5-10(12)9-11-6-2-4-8-13(11)17-15(20)21/h1-8,16-17H,9H2,(H,18,19)(H,20,21)/p-2. The van der Waals surface area contributed by atoms with Crippen molar-refractivity contribution in [2.75, 3.05) is 10.6 Å². The number of benzene rings is 2. The molecule has 0 heterocycles. The van der Waals surface area contributed by atoms with Crippen LogP contribution in [0.25, 0.3) is 0 Å². The summed E-state index contributed by atoms with van der Waals surface area (Å²) in [5.41, 5.74) is 2.21. The van der Waals surface area contributed by atoms with Gasteiger partial charge in [0.25, 0.3) is 0 Å². The lowest BCUT2D eigenvalue weighted by atomic mass is 10.0. The van der Waals surface area contributed by atoms with E-state index in [2.05, 4.69) is 10.6 Å². The molecule has 0 spiro atoms. The third-order valence-corrected chi connectivity index (χ3v) is 2.89. The summed E-state index contributed by atoms with van der Waals surface area (Å²) in [5, 5.41) is 25.8. The van der Waals surface area contributed by atoms with E-state index in [4.69, 9.17) is 0 Å². The van der Waals surface area contributed by atoms with Crippen molar-refractivity contribution in [3.05, 3.63) is 59.7 Å². The maximum absolute atomic E-state index is 10.7. The zero-order valence-corrected chi connectivity index (χ0v) is 11.0. The second-order valence-corrected chi connectivity index (χ2v) is 4.32. The van der Waals surface area contributed by atoms with Gasteiger partial charge in [0.15, 0.2) is 0 Å². The molecule has 0 aromatic heterocycles. The second kappa shape index (κ2) is 6.42. The van der Waals surface area contributed by atoms with Crippen LogP contribution in [0, 0.1) is 0 Å². The van der Waals surface area contributed by atoms with Crippen LogP contribution in [0.15, 0.2) is 48.5 Å². The van der Waals surface area contributed by atoms with Crippen LogP contribution in [0.3, 0.4) is 0 Å². The molecule has 2 aromatic rings. The Hall–Kier alpha value is -3.02. The third kappa shape index (κ3) is 3.97. The number of hydrogen-bond donors (Lipinski definition) is 2. The number of para-hydroxylation sites is 2. The second-order valence-electron chi connectivity index (χ2n) is 4.32. The fraction of sp³-hybridized carbons (Fsp3) is 0.0667. The Balaban J connectivity index is 2.30. The largest absolute Gasteiger partial charge is 0.530 e. The summed E-state index contributed by atoms with van der Waals surface area (Å²) < 4.78 is 0. The molecule has 0 aliphatic rings. The molecule has 6 nitrogen and oxygen atoms in total. The minimum Gasteiger partial charge on any atom is -0.530 e. The molecule has 0 saturated heterocycles. The predicted molar refractivity (Wildman–Crippen MR) is 73.7 cm³/mol. The highest BCUT2D eigenvalue weighted by atomic mass is 16.4. The SMILES string of the molecule is O=C([O-])Nc1ccccc1Cc1ccccc1NC(=O)[O-]. The van der Waals surface area contributed by atoms with E-state index in [1.54, 1.807) is 48.5 Å². The molecule has 2 N–H and O–H groups in total. The number of nitrogens with one attached hydrogen (secondary N) is 2. The van der Waals surface area contributed by atoms with Crippen molar-refractivity contribution in [1.82, 2.24) is 0 Å². The van der Waals surface area contributed by atoms with Gasteiger partial charge >= 0.3 is 0 Å². The minimum atomic E-state index is -1.40. The lowest BCUT2D eigenvalue weighted by molar-refractivity contribution is -0.243. The van der Waals surface area contributed by atoms with Crippen LogP contribution in [-0.4, -0.2) is 12.2 Å². The van der Waals surface area contributed by atoms with E-state index in [0.29, 0.717) is 28.9 Å². The van der Waals surface area contributed by atoms with E-state index in [0.717, 1.165) is 0 Å². The number of carboxylic acid groups (broad SMARTS) is 2. The highest BCUT2D eigenvalue weighted by Gasteiger charge is 2.07. The van der Waals surface area contributed by atoms with E-state index in [1.165, 1.54) is 0 Å². The first kappa shape index (κ1) is 14.4. The molecule has 2 rings (SSSR count). The van der Waals surface area contributed by atoms with Crippen LogP contribution < -0.4 is 20.8 Å². The van der Waals surface area contributed by atoms with Gasteiger partial charge in [0.1, 0.15) is 12.2 Å². The molecule has 0 radical (unpaired) electrons. The Bertz CT molecular complexity index is 613. The molecule has 0 aliphatic carbocycles. The van der Waals surface area contributed by atoms with Crippen molar-refractivity contribution in [2.24, 2.45) is 0 Å². The maximum atomic E-state index is 10.7. The average Bonchev–Trinajstić information content (AvgIpc) is 2.42. The lowest BCUT2D eigenvalue weighted by Gasteiger charge is -2.15. The Morgan fingerprint density at radius 3 is 1.52 bits per heavy atom. The van der Waals surface area contributed by atoms with Gasteiger partial charge in [-0.3, -0.25) is 0 Å². The number of rotatable bonds is 4. The summed E-state index contributed by atoms with van der Waals surface area (Å²) in [6.45, 7) is 0. The van der Waals surface area contributed by atoms with Gasteiger partial charge in [-0.1, -0.05) is 36.4 Å². The summed E-state index contributed by atoms with van der Waals surface area (Å²) in [6, 6.07) is 13.7. The Labute approximate surface area is 121 Å². The molecule has 0 fully saturated rings. The number of carbonyl (C=O) groups is 2. The number of anilines is 2. The van der Waals surface area contributed by atoms with Gasteiger partial charge < -0.3 is 30.4 Å². The van der Waals surface area contributed by atoms with Crippen LogP contribution in [-0.2, 0) is 6.42 Å². The van der Waals surface area contributed by atoms with Gasteiger partial charge in [-0.25, -0.2) is 0 Å². The molecular weight excluding hydrogens is 272 g/mol. The monoisotopic (exact) mass is 284 g/mol. The summed E-state index contributed by atoms with van der Waals surface area (Å²) >= 11 is 0. The highest BCUT2D eigenvalue weighted by molar-refractivity contribution is 5.84. The van der Waals surface area contributed by atoms with Crippen molar-refractivity contribution in [1.29, 1.82) is 0 Å². The van der Waals surface area contributed by atoms with Gasteiger partial charge in [0.2, 0.25) is 0 Å². The summed E-state index contributed by atoms with van der Waals surface area (Å²) in [7, 11) is 0. The fourth-order valence-corrected chi connectivity index (χ4v) is 2.02. The van der Waals surface area contributed by atoms with Crippen molar-refractivity contribution < 1.29 is 19.8 Å². The molecule has 0 saturated carbocycles. The van der Waals surface area contributed by atoms with Crippen molar-refractivity contribution in [3.8, 4) is 0 Å². The van der Waals surface area contributed by atoms with Crippen LogP contribution in [0.5, 0.6) is 0 Å². The minimum absolute atomic E-state index is 0.354. The van der Waals surface area contributed by atoms with Gasteiger partial charge in [-0.05, 0) is 23.3 Å². The molecule has 21 heavy (non-hydrogen) atoms. The van der Waals surface area contributed by atoms with Crippen LogP contribution in [0.2, 0.25) is 0 Å². The van der Waals surface area contributed by atoms with Crippen LogP contribution >= 0.6 is 0 Å². The van der Waals surface area contributed by atoms with E-state index in [1.807, 2.05) is 0 Å². The number of hydrogen-bond acceptors (Lipinski definition) is 4. The first-order valence-corrected chi connectivity index (χ1v) is 6.18. The molecular formula is C15H12N2O4-2. The highest BCUT2D eigenvalue weighted by Crippen LogP contribution is 2.23. The molecule has 108 valence electrons. The number of amides is 2. The van der Waals surface area contributed by atoms with E-state index in [-0.39, 0.29) is 0 Å². The normalized spacial score (nSPS) is 9.90. The fourth-order valence-electron chi connectivity index (χ4n) is 2.02. The first-order valence-electron chi connectivity index (χ1n) is 6.18. The molecule has 2 aromatic carbocycles. The quantitative estimate of drug-likeness (QED) is 0.865. The smallest absolute Gasteiger partial charge is 0.138 e. The van der Waals surface area contributed by atoms with Gasteiger partial charge in [-0.2, -0.15) is 0 Å². The molecule has 0 bridgehead atoms. The summed E-state index contributed by atoms with van der Waals surface area (Å²) in [4.78, 5) is 21.3. The molecule has 2 amide bonds. The number of carbonyl (C=O) groups excluding carboxylic acids is 2. The molecule has 0 unspecified atom stereocenters. The Morgan fingerprint density at radius 2 is 1.14 bits per heavy atom. The molecule has 6 heteroatoms. The van der Waals surface area contributed by atoms with Gasteiger partial charge in [0, 0.05) is 17.8 Å². The van der Waals surface area contributed by atoms with Gasteiger partial charge in [0.05, 0.1) is 0 Å².